The van der Waals surface area contributed by atoms with Crippen molar-refractivity contribution in [3.8, 4) is 5.75 Å². The third-order valence-electron chi connectivity index (χ3n) is 5.43. The smallest absolute Gasteiger partial charge is 0.118 e. The van der Waals surface area contributed by atoms with Gasteiger partial charge in [0, 0.05) is 0 Å². The Labute approximate surface area is 117 Å². The Morgan fingerprint density at radius 3 is 1.95 bits per heavy atom. The van der Waals surface area contributed by atoms with Gasteiger partial charge in [-0.25, -0.2) is 0 Å². The molecule has 19 heavy (non-hydrogen) atoms. The van der Waals surface area contributed by atoms with E-state index in [0.717, 1.165) is 23.5 Å². The van der Waals surface area contributed by atoms with Crippen molar-refractivity contribution in [3.63, 3.8) is 0 Å². The molecule has 0 radical (unpaired) electrons. The second kappa shape index (κ2) is 5.98. The average Bonchev–Trinajstić information content (AvgIpc) is 3.02. The Hall–Kier alpha value is -0.980. The van der Waals surface area contributed by atoms with Crippen LogP contribution in [0.1, 0.15) is 62.8 Å². The molecule has 0 aromatic heterocycles. The molecule has 2 saturated carbocycles. The summed E-state index contributed by atoms with van der Waals surface area (Å²) in [5.41, 5.74) is 1.52. The summed E-state index contributed by atoms with van der Waals surface area (Å²) in [7, 11) is 1.74. The lowest BCUT2D eigenvalue weighted by Crippen LogP contribution is -2.19. The number of methoxy groups -OCH3 is 1. The van der Waals surface area contributed by atoms with Gasteiger partial charge in [-0.3, -0.25) is 0 Å². The van der Waals surface area contributed by atoms with E-state index < -0.39 is 0 Å². The van der Waals surface area contributed by atoms with Gasteiger partial charge < -0.3 is 4.74 Å². The Morgan fingerprint density at radius 2 is 1.37 bits per heavy atom. The number of hydrogen-bond acceptors (Lipinski definition) is 1. The average molecular weight is 258 g/mol. The SMILES string of the molecule is COc1ccc(C2CCC(C3CCCC3)CC2)cc1. The van der Waals surface area contributed by atoms with Crippen LogP contribution < -0.4 is 4.74 Å². The molecule has 0 saturated heterocycles. The van der Waals surface area contributed by atoms with Gasteiger partial charge in [-0.15, -0.1) is 0 Å². The molecule has 2 fully saturated rings. The Bertz CT molecular complexity index is 381. The molecule has 2 aliphatic carbocycles. The van der Waals surface area contributed by atoms with Crippen molar-refractivity contribution in [2.24, 2.45) is 11.8 Å². The number of rotatable bonds is 3. The van der Waals surface area contributed by atoms with Gasteiger partial charge in [-0.2, -0.15) is 0 Å². The normalized spacial score (nSPS) is 28.5. The lowest BCUT2D eigenvalue weighted by atomic mass is 9.73. The van der Waals surface area contributed by atoms with E-state index in [2.05, 4.69) is 24.3 Å². The standard InChI is InChI=1S/C18H26O/c1-19-18-12-10-17(11-13-18)16-8-6-15(7-9-16)14-4-2-3-5-14/h10-16H,2-9H2,1H3. The van der Waals surface area contributed by atoms with E-state index in [1.54, 1.807) is 7.11 Å². The number of benzene rings is 1. The fourth-order valence-corrected chi connectivity index (χ4v) is 4.23. The third kappa shape index (κ3) is 2.96. The molecule has 0 N–H and O–H groups in total. The molecule has 3 rings (SSSR count). The summed E-state index contributed by atoms with van der Waals surface area (Å²) in [6.07, 6.45) is 11.7. The third-order valence-corrected chi connectivity index (χ3v) is 5.43. The van der Waals surface area contributed by atoms with Crippen LogP contribution in [0.3, 0.4) is 0 Å². The van der Waals surface area contributed by atoms with Crippen molar-refractivity contribution < 1.29 is 4.74 Å². The maximum absolute atomic E-state index is 5.24. The zero-order valence-electron chi connectivity index (χ0n) is 12.1. The first kappa shape index (κ1) is 13.0. The molecule has 0 aliphatic heterocycles. The van der Waals surface area contributed by atoms with Gasteiger partial charge in [-0.1, -0.05) is 37.8 Å². The Balaban J connectivity index is 1.56. The zero-order valence-corrected chi connectivity index (χ0v) is 12.1. The van der Waals surface area contributed by atoms with Crippen LogP contribution in [0.2, 0.25) is 0 Å². The van der Waals surface area contributed by atoms with E-state index in [9.17, 15) is 0 Å². The van der Waals surface area contributed by atoms with Crippen molar-refractivity contribution in [3.05, 3.63) is 29.8 Å². The van der Waals surface area contributed by atoms with E-state index in [1.807, 2.05) is 0 Å². The van der Waals surface area contributed by atoms with Crippen LogP contribution in [0.15, 0.2) is 24.3 Å². The van der Waals surface area contributed by atoms with Crippen molar-refractivity contribution in [1.82, 2.24) is 0 Å². The second-order valence-corrected chi connectivity index (χ2v) is 6.43. The van der Waals surface area contributed by atoms with E-state index in [4.69, 9.17) is 4.74 Å². The van der Waals surface area contributed by atoms with Crippen LogP contribution in [0.4, 0.5) is 0 Å². The van der Waals surface area contributed by atoms with Crippen LogP contribution >= 0.6 is 0 Å². The van der Waals surface area contributed by atoms with Gasteiger partial charge in [0.25, 0.3) is 0 Å². The number of hydrogen-bond donors (Lipinski definition) is 0. The molecule has 0 unspecified atom stereocenters. The summed E-state index contributed by atoms with van der Waals surface area (Å²) in [6, 6.07) is 8.75. The molecule has 0 atom stereocenters. The highest BCUT2D eigenvalue weighted by atomic mass is 16.5. The van der Waals surface area contributed by atoms with Crippen LogP contribution in [0, 0.1) is 11.8 Å². The fourth-order valence-electron chi connectivity index (χ4n) is 4.23. The van der Waals surface area contributed by atoms with E-state index >= 15 is 0 Å². The highest BCUT2D eigenvalue weighted by molar-refractivity contribution is 5.29. The van der Waals surface area contributed by atoms with Gasteiger partial charge in [-0.05, 0) is 61.1 Å². The predicted molar refractivity (Wildman–Crippen MR) is 79.7 cm³/mol. The maximum atomic E-state index is 5.24. The molecule has 1 aromatic rings. The topological polar surface area (TPSA) is 9.23 Å². The van der Waals surface area contributed by atoms with Crippen molar-refractivity contribution >= 4 is 0 Å². The first-order chi connectivity index (χ1) is 9.36. The first-order valence-electron chi connectivity index (χ1n) is 8.01. The molecule has 1 heteroatoms. The van der Waals surface area contributed by atoms with E-state index in [-0.39, 0.29) is 0 Å². The minimum Gasteiger partial charge on any atom is -0.497 e. The monoisotopic (exact) mass is 258 g/mol. The van der Waals surface area contributed by atoms with Crippen LogP contribution in [-0.2, 0) is 0 Å². The van der Waals surface area contributed by atoms with Crippen LogP contribution in [-0.4, -0.2) is 7.11 Å². The zero-order chi connectivity index (χ0) is 13.1. The van der Waals surface area contributed by atoms with Gasteiger partial charge in [0.15, 0.2) is 0 Å². The first-order valence-corrected chi connectivity index (χ1v) is 8.01. The molecule has 0 bridgehead atoms. The second-order valence-electron chi connectivity index (χ2n) is 6.43. The summed E-state index contributed by atoms with van der Waals surface area (Å²) in [5, 5.41) is 0. The highest BCUT2D eigenvalue weighted by Crippen LogP contribution is 2.43. The van der Waals surface area contributed by atoms with E-state index in [0.29, 0.717) is 0 Å². The lowest BCUT2D eigenvalue weighted by molar-refractivity contribution is 0.235. The summed E-state index contributed by atoms with van der Waals surface area (Å²) < 4.78 is 5.24. The minimum atomic E-state index is 0.795. The molecule has 1 aromatic carbocycles. The van der Waals surface area contributed by atoms with Gasteiger partial charge in [0.1, 0.15) is 5.75 Å². The minimum absolute atomic E-state index is 0.795. The maximum Gasteiger partial charge on any atom is 0.118 e. The fraction of sp³-hybridized carbons (Fsp3) is 0.667. The molecule has 0 spiro atoms. The molecule has 104 valence electrons. The van der Waals surface area contributed by atoms with Crippen molar-refractivity contribution in [1.29, 1.82) is 0 Å². The molecule has 1 nitrogen and oxygen atoms in total. The lowest BCUT2D eigenvalue weighted by Gasteiger charge is -2.32. The summed E-state index contributed by atoms with van der Waals surface area (Å²) in [5.74, 6) is 3.88. The van der Waals surface area contributed by atoms with Crippen molar-refractivity contribution in [2.45, 2.75) is 57.3 Å². The predicted octanol–water partition coefficient (Wildman–Crippen LogP) is 5.16. The van der Waals surface area contributed by atoms with Gasteiger partial charge in [0.05, 0.1) is 7.11 Å². The molecule has 2 aliphatic rings. The highest BCUT2D eigenvalue weighted by Gasteiger charge is 2.29. The van der Waals surface area contributed by atoms with Gasteiger partial charge in [0.2, 0.25) is 0 Å². The van der Waals surface area contributed by atoms with E-state index in [1.165, 1.54) is 56.9 Å². The number of ether oxygens (including phenoxy) is 1. The molecular formula is C18H26O. The van der Waals surface area contributed by atoms with Crippen LogP contribution in [0.25, 0.3) is 0 Å². The van der Waals surface area contributed by atoms with Crippen molar-refractivity contribution in [2.75, 3.05) is 7.11 Å². The Morgan fingerprint density at radius 1 is 0.789 bits per heavy atom. The largest absolute Gasteiger partial charge is 0.497 e. The molecule has 0 heterocycles. The summed E-state index contributed by atoms with van der Waals surface area (Å²) >= 11 is 0. The summed E-state index contributed by atoms with van der Waals surface area (Å²) in [4.78, 5) is 0. The summed E-state index contributed by atoms with van der Waals surface area (Å²) in [6.45, 7) is 0. The Kier molecular flexibility index (Phi) is 4.10. The molecular weight excluding hydrogens is 232 g/mol. The van der Waals surface area contributed by atoms with Gasteiger partial charge >= 0.3 is 0 Å². The molecule has 0 amide bonds. The quantitative estimate of drug-likeness (QED) is 0.727. The van der Waals surface area contributed by atoms with Crippen LogP contribution in [0.5, 0.6) is 5.75 Å².